The molecule has 0 spiro atoms. The molecular formula is C37H40F4N4O2S. The van der Waals surface area contributed by atoms with Crippen LogP contribution in [0.2, 0.25) is 0 Å². The van der Waals surface area contributed by atoms with Crippen LogP contribution < -0.4 is 5.56 Å². The Morgan fingerprint density at radius 3 is 2.44 bits per heavy atom. The van der Waals surface area contributed by atoms with E-state index in [4.69, 9.17) is 30.2 Å². The number of nitrogens with zero attached hydrogens (tertiary/aromatic N) is 4. The van der Waals surface area contributed by atoms with Crippen LogP contribution in [0.5, 0.6) is 0 Å². The van der Waals surface area contributed by atoms with Gasteiger partial charge in [-0.05, 0) is 85.0 Å². The van der Waals surface area contributed by atoms with Crippen molar-refractivity contribution in [1.82, 2.24) is 19.4 Å². The topological polar surface area (TPSA) is 58.4 Å². The van der Waals surface area contributed by atoms with Crippen LogP contribution in [0.15, 0.2) is 76.4 Å². The highest BCUT2D eigenvalue weighted by atomic mass is 32.2. The maximum Gasteiger partial charge on any atom is 0.416 e. The minimum Gasteiger partial charge on any atom is -0.336 e. The number of rotatable bonds is 13. The van der Waals surface area contributed by atoms with Crippen molar-refractivity contribution in [2.45, 2.75) is 70.1 Å². The predicted molar refractivity (Wildman–Crippen MR) is 181 cm³/mol. The van der Waals surface area contributed by atoms with E-state index < -0.39 is 198 Å². The molecule has 0 atom stereocenters. The lowest BCUT2D eigenvalue weighted by atomic mass is 9.98. The van der Waals surface area contributed by atoms with E-state index in [0.29, 0.717) is 24.5 Å². The molecule has 0 bridgehead atoms. The van der Waals surface area contributed by atoms with Gasteiger partial charge in [-0.2, -0.15) is 18.2 Å². The summed E-state index contributed by atoms with van der Waals surface area (Å²) < 4.78 is 262. The number of thioether (sulfide) groups is 1. The second-order valence-corrected chi connectivity index (χ2v) is 10.6. The fraction of sp³-hybridized carbons (Fsp3) is 0.378. The summed E-state index contributed by atoms with van der Waals surface area (Å²) in [5.74, 6) is -4.26. The minimum absolute atomic E-state index is 0.187. The van der Waals surface area contributed by atoms with Crippen molar-refractivity contribution in [3.05, 3.63) is 116 Å². The Hall–Kier alpha value is -3.96. The van der Waals surface area contributed by atoms with E-state index >= 15 is 4.79 Å². The van der Waals surface area contributed by atoms with E-state index in [9.17, 15) is 25.1 Å². The molecule has 254 valence electrons. The van der Waals surface area contributed by atoms with Gasteiger partial charge in [-0.25, -0.2) is 4.39 Å². The molecule has 5 rings (SSSR count). The van der Waals surface area contributed by atoms with Crippen LogP contribution in [-0.2, 0) is 42.6 Å². The second-order valence-electron chi connectivity index (χ2n) is 9.63. The van der Waals surface area contributed by atoms with E-state index in [2.05, 4.69) is 4.98 Å². The highest BCUT2D eigenvalue weighted by molar-refractivity contribution is 7.98. The molecule has 1 heterocycles. The van der Waals surface area contributed by atoms with E-state index in [-0.39, 0.29) is 21.6 Å². The Balaban J connectivity index is 1.83. The molecule has 0 saturated carbocycles. The predicted octanol–water partition coefficient (Wildman–Crippen LogP) is 7.53. The number of benzene rings is 3. The molecule has 0 unspecified atom stereocenters. The zero-order valence-electron chi connectivity index (χ0n) is 49.2. The summed E-state index contributed by atoms with van der Waals surface area (Å²) in [4.78, 5) is 31.9. The Labute approximate surface area is 316 Å². The van der Waals surface area contributed by atoms with Gasteiger partial charge in [-0.15, -0.1) is 0 Å². The lowest BCUT2D eigenvalue weighted by Gasteiger charge is -2.28. The molecule has 0 N–H and O–H groups in total. The van der Waals surface area contributed by atoms with E-state index in [0.717, 1.165) is 6.92 Å². The van der Waals surface area contributed by atoms with Gasteiger partial charge in [0.05, 0.1) is 22.0 Å². The quantitative estimate of drug-likeness (QED) is 0.0819. The first-order valence-corrected chi connectivity index (χ1v) is 14.7. The Morgan fingerprint density at radius 2 is 1.73 bits per heavy atom. The number of hydrogen-bond donors (Lipinski definition) is 0. The number of aromatic nitrogens is 2. The van der Waals surface area contributed by atoms with Crippen molar-refractivity contribution in [1.29, 1.82) is 0 Å². The first kappa shape index (κ1) is 15.7. The van der Waals surface area contributed by atoms with E-state index in [1.165, 1.54) is 0 Å². The summed E-state index contributed by atoms with van der Waals surface area (Å²) in [5, 5.41) is -0.913. The third-order valence-corrected chi connectivity index (χ3v) is 7.46. The Kier molecular flexibility index (Phi) is 5.08. The van der Waals surface area contributed by atoms with Gasteiger partial charge < -0.3 is 14.4 Å². The van der Waals surface area contributed by atoms with Gasteiger partial charge in [0.15, 0.2) is 5.16 Å². The number of fused-ring (bicyclic) bond motifs is 1. The average molecular weight is 705 g/mol. The molecule has 3 aromatic carbocycles. The molecule has 1 aliphatic rings. The van der Waals surface area contributed by atoms with Crippen LogP contribution in [0.3, 0.4) is 0 Å². The molecule has 48 heavy (non-hydrogen) atoms. The SMILES string of the molecule is [2H]c1cc(-c2c([2H])c([2H])c(C(F)(F)F)c(C)c2[2H])c([2H])c([2H])c1CN(C(=O)Cn1c(SCc2c([2H])c([2H])c(F)c([2H])c2[2H])nc(=O)c2c1C([2H])([2H])C([2H])([2H])C2([2H])[2H])C([2H])([2H])C([2H])([2H])N(C([2H])([2H])C)C([2H])([2H])C. The molecule has 0 aliphatic heterocycles. The molecule has 0 fully saturated rings. The lowest BCUT2D eigenvalue weighted by Crippen LogP contribution is -2.40. The third-order valence-electron chi connectivity index (χ3n) is 6.46. The van der Waals surface area contributed by atoms with Crippen LogP contribution in [-0.4, -0.2) is 51.2 Å². The van der Waals surface area contributed by atoms with Gasteiger partial charge in [-0.1, -0.05) is 74.0 Å². The number of carbonyl (C=O) groups is 1. The Morgan fingerprint density at radius 1 is 1.02 bits per heavy atom. The lowest BCUT2D eigenvalue weighted by molar-refractivity contribution is -0.138. The molecule has 6 nitrogen and oxygen atoms in total. The number of carbonyl (C=O) groups excluding carboxylic acids is 1. The Bertz CT molecular complexity index is 2900. The van der Waals surface area contributed by atoms with E-state index in [1.54, 1.807) is 0 Å². The summed E-state index contributed by atoms with van der Waals surface area (Å²) in [6.07, 6.45) is -16.2. The summed E-state index contributed by atoms with van der Waals surface area (Å²) in [5.41, 5.74) is -9.87. The fourth-order valence-electron chi connectivity index (χ4n) is 4.13. The first-order chi connectivity index (χ1) is 32.3. The van der Waals surface area contributed by atoms with Crippen LogP contribution in [0, 0.1) is 12.7 Å². The molecule has 0 radical (unpaired) electrons. The van der Waals surface area contributed by atoms with Crippen LogP contribution in [0.1, 0.15) is 86.6 Å². The largest absolute Gasteiger partial charge is 0.416 e. The van der Waals surface area contributed by atoms with Gasteiger partial charge in [0.25, 0.3) is 5.56 Å². The van der Waals surface area contributed by atoms with Crippen molar-refractivity contribution < 1.29 is 55.3 Å². The van der Waals surface area contributed by atoms with E-state index in [1.807, 2.05) is 0 Å². The number of likely N-dealkylation sites (N-methyl/N-ethyl adjacent to an activating group) is 1. The van der Waals surface area contributed by atoms with Crippen molar-refractivity contribution in [3.8, 4) is 11.1 Å². The van der Waals surface area contributed by atoms with Gasteiger partial charge >= 0.3 is 6.18 Å². The monoisotopic (exact) mass is 704 g/mol. The van der Waals surface area contributed by atoms with Gasteiger partial charge in [-0.3, -0.25) is 9.59 Å². The van der Waals surface area contributed by atoms with Crippen molar-refractivity contribution in [2.24, 2.45) is 0 Å². The van der Waals surface area contributed by atoms with Gasteiger partial charge in [0, 0.05) is 53.0 Å². The zero-order chi connectivity index (χ0) is 55.7. The maximum atomic E-state index is 15.1. The zero-order valence-corrected chi connectivity index (χ0v) is 26.0. The van der Waals surface area contributed by atoms with Crippen molar-refractivity contribution >= 4 is 17.7 Å². The first-order valence-electron chi connectivity index (χ1n) is 25.7. The molecule has 1 aromatic heterocycles. The number of halogens is 4. The molecule has 1 amide bonds. The summed E-state index contributed by atoms with van der Waals surface area (Å²) in [7, 11) is 0. The molecular weight excluding hydrogens is 640 g/mol. The molecule has 1 aliphatic carbocycles. The average Bonchev–Trinajstić information content (AvgIpc) is 3.32. The normalized spacial score (nSPS) is 24.4. The third kappa shape index (κ3) is 8.54. The summed E-state index contributed by atoms with van der Waals surface area (Å²) in [6, 6.07) is -10.7. The van der Waals surface area contributed by atoms with Crippen LogP contribution in [0.25, 0.3) is 11.1 Å². The highest BCUT2D eigenvalue weighted by Crippen LogP contribution is 2.34. The fourth-order valence-corrected chi connectivity index (χ4v) is 5.01. The standard InChI is InChI=1S/C37H40F4N4O2S/c1-4-43(5-2)19-20-44(22-26-9-13-28(14-10-26)29-15-18-32(25(3)21-29)37(39,40)41)34(46)23-45-33-8-6-7-31(33)35(47)42-36(45)48-24-27-11-16-30(38)17-12-27/h9-18,21H,4-8,19-20,22-24H2,1-3H3/i4D2,5D2,6D2,7D2,8D2,9D,10D,11D,12D,13D,15D,16D,17D,18D,19D2,20D2,21D. The highest BCUT2D eigenvalue weighted by Gasteiger charge is 2.32. The molecule has 4 aromatic rings. The van der Waals surface area contributed by atoms with Crippen molar-refractivity contribution in [3.63, 3.8) is 0 Å². The minimum atomic E-state index is -5.23. The summed E-state index contributed by atoms with van der Waals surface area (Å²) >= 11 is 0.202. The smallest absolute Gasteiger partial charge is 0.336 e. The molecule has 0 saturated heterocycles. The van der Waals surface area contributed by atoms with Crippen LogP contribution in [0.4, 0.5) is 17.6 Å². The number of amides is 1. The van der Waals surface area contributed by atoms with Crippen molar-refractivity contribution in [2.75, 3.05) is 26.0 Å². The molecule has 11 heteroatoms. The number of hydrogen-bond acceptors (Lipinski definition) is 5. The number of alkyl halides is 3. The van der Waals surface area contributed by atoms with Gasteiger partial charge in [0.2, 0.25) is 5.91 Å². The maximum absolute atomic E-state index is 15.1. The second kappa shape index (κ2) is 15.5. The van der Waals surface area contributed by atoms with Crippen LogP contribution >= 0.6 is 11.8 Å². The summed E-state index contributed by atoms with van der Waals surface area (Å²) in [6.45, 7) is -15.8. The van der Waals surface area contributed by atoms with Gasteiger partial charge in [0.1, 0.15) is 12.4 Å².